The van der Waals surface area contributed by atoms with Crippen LogP contribution in [0.25, 0.3) is 28.0 Å². The molecule has 0 atom stereocenters. The number of benzene rings is 1. The summed E-state index contributed by atoms with van der Waals surface area (Å²) in [7, 11) is 0. The average molecular weight is 386 g/mol. The summed E-state index contributed by atoms with van der Waals surface area (Å²) in [5, 5.41) is 0.316. The molecule has 0 amide bonds. The van der Waals surface area contributed by atoms with Gasteiger partial charge in [-0.05, 0) is 12.1 Å². The molecule has 0 fully saturated rings. The molecule has 0 saturated heterocycles. The van der Waals surface area contributed by atoms with Crippen LogP contribution in [0.5, 0.6) is 0 Å². The van der Waals surface area contributed by atoms with Crippen LogP contribution in [0.1, 0.15) is 0 Å². The van der Waals surface area contributed by atoms with Crippen molar-refractivity contribution in [2.45, 2.75) is 0 Å². The Hall–Kier alpha value is -3.03. The number of hydrogen-bond acceptors (Lipinski definition) is 5. The molecular formula is C17H9Cl2N5O2. The lowest BCUT2D eigenvalue weighted by Crippen LogP contribution is -2.34. The number of rotatable bonds is 2. The summed E-state index contributed by atoms with van der Waals surface area (Å²) in [5.74, 6) is 0. The third kappa shape index (κ3) is 2.67. The minimum atomic E-state index is -0.690. The second kappa shape index (κ2) is 6.36. The van der Waals surface area contributed by atoms with E-state index in [9.17, 15) is 9.59 Å². The molecule has 0 saturated carbocycles. The summed E-state index contributed by atoms with van der Waals surface area (Å²) in [5.41, 5.74) is 0.308. The molecule has 9 heteroatoms. The highest BCUT2D eigenvalue weighted by Gasteiger charge is 2.16. The molecule has 7 nitrogen and oxygen atoms in total. The molecule has 0 spiro atoms. The van der Waals surface area contributed by atoms with Crippen molar-refractivity contribution in [2.24, 2.45) is 0 Å². The van der Waals surface area contributed by atoms with Crippen LogP contribution in [0, 0.1) is 0 Å². The Balaban J connectivity index is 2.01. The number of aromatic amines is 1. The second-order valence-corrected chi connectivity index (χ2v) is 6.11. The number of fused-ring (bicyclic) bond motifs is 1. The first-order valence-corrected chi connectivity index (χ1v) is 8.19. The molecule has 3 heterocycles. The molecule has 0 radical (unpaired) electrons. The van der Waals surface area contributed by atoms with Gasteiger partial charge in [-0.1, -0.05) is 41.4 Å². The Morgan fingerprint density at radius 1 is 1.04 bits per heavy atom. The van der Waals surface area contributed by atoms with Gasteiger partial charge >= 0.3 is 5.69 Å². The van der Waals surface area contributed by atoms with Crippen LogP contribution in [0.2, 0.25) is 10.2 Å². The topological polar surface area (TPSA) is 93.5 Å². The highest BCUT2D eigenvalue weighted by Crippen LogP contribution is 2.31. The lowest BCUT2D eigenvalue weighted by atomic mass is 10.1. The molecule has 0 unspecified atom stereocenters. The standard InChI is InChI=1S/C17H9Cl2N5O2/c18-12-8-21-14-15(22-12)23-17(26)24(16(14)25)11-5-1-4-10(13(11)19)9-3-2-6-20-7-9/h1-8H,(H,22,23,26). The lowest BCUT2D eigenvalue weighted by Gasteiger charge is -2.11. The van der Waals surface area contributed by atoms with E-state index < -0.39 is 11.2 Å². The lowest BCUT2D eigenvalue weighted by molar-refractivity contribution is 0.888. The molecule has 128 valence electrons. The summed E-state index contributed by atoms with van der Waals surface area (Å²) in [6.07, 6.45) is 4.52. The SMILES string of the molecule is O=c1[nH]c2nc(Cl)cnc2c(=O)n1-c1cccc(-c2cccnc2)c1Cl. The van der Waals surface area contributed by atoms with E-state index in [0.717, 1.165) is 10.1 Å². The first-order valence-electron chi connectivity index (χ1n) is 7.43. The van der Waals surface area contributed by atoms with Gasteiger partial charge in [-0.15, -0.1) is 0 Å². The predicted molar refractivity (Wildman–Crippen MR) is 99.0 cm³/mol. The molecule has 0 aliphatic heterocycles. The Kier molecular flexibility index (Phi) is 4.02. The molecule has 0 aliphatic rings. The number of halogens is 2. The average Bonchev–Trinajstić information content (AvgIpc) is 2.63. The van der Waals surface area contributed by atoms with Gasteiger partial charge < -0.3 is 0 Å². The van der Waals surface area contributed by atoms with Gasteiger partial charge in [0.25, 0.3) is 5.56 Å². The number of pyridine rings is 1. The largest absolute Gasteiger partial charge is 0.334 e. The minimum absolute atomic E-state index is 0.0168. The van der Waals surface area contributed by atoms with E-state index in [2.05, 4.69) is 19.9 Å². The van der Waals surface area contributed by atoms with E-state index >= 15 is 0 Å². The van der Waals surface area contributed by atoms with Crippen molar-refractivity contribution in [3.63, 3.8) is 0 Å². The van der Waals surface area contributed by atoms with Gasteiger partial charge in [-0.25, -0.2) is 19.3 Å². The fourth-order valence-corrected chi connectivity index (χ4v) is 3.08. The number of aromatic nitrogens is 5. The van der Waals surface area contributed by atoms with Crippen LogP contribution in [-0.2, 0) is 0 Å². The fourth-order valence-electron chi connectivity index (χ4n) is 2.62. The molecule has 3 aromatic heterocycles. The summed E-state index contributed by atoms with van der Waals surface area (Å²) in [6.45, 7) is 0. The number of nitrogens with zero attached hydrogens (tertiary/aromatic N) is 4. The van der Waals surface area contributed by atoms with Gasteiger partial charge in [-0.3, -0.25) is 14.8 Å². The normalized spacial score (nSPS) is 11.0. The molecule has 1 N–H and O–H groups in total. The highest BCUT2D eigenvalue weighted by molar-refractivity contribution is 6.35. The highest BCUT2D eigenvalue weighted by atomic mass is 35.5. The maximum absolute atomic E-state index is 12.8. The van der Waals surface area contributed by atoms with Gasteiger partial charge in [0.1, 0.15) is 5.15 Å². The van der Waals surface area contributed by atoms with Crippen LogP contribution in [0.4, 0.5) is 0 Å². The summed E-state index contributed by atoms with van der Waals surface area (Å²) in [4.78, 5) is 39.7. The van der Waals surface area contributed by atoms with Crippen molar-refractivity contribution in [3.8, 4) is 16.8 Å². The summed E-state index contributed by atoms with van der Waals surface area (Å²) in [6, 6.07) is 8.66. The van der Waals surface area contributed by atoms with Crippen molar-refractivity contribution in [1.29, 1.82) is 0 Å². The molecule has 4 aromatic rings. The maximum atomic E-state index is 12.8. The van der Waals surface area contributed by atoms with Gasteiger partial charge in [0.05, 0.1) is 16.9 Å². The van der Waals surface area contributed by atoms with Gasteiger partial charge in [-0.2, -0.15) is 0 Å². The van der Waals surface area contributed by atoms with E-state index in [4.69, 9.17) is 23.2 Å². The van der Waals surface area contributed by atoms with Crippen molar-refractivity contribution in [3.05, 3.63) is 79.9 Å². The van der Waals surface area contributed by atoms with Crippen LogP contribution >= 0.6 is 23.2 Å². The van der Waals surface area contributed by atoms with Crippen molar-refractivity contribution in [2.75, 3.05) is 0 Å². The Labute approximate surface area is 155 Å². The van der Waals surface area contributed by atoms with Gasteiger partial charge in [0.15, 0.2) is 11.2 Å². The van der Waals surface area contributed by atoms with Crippen LogP contribution in [0.15, 0.2) is 58.5 Å². The number of H-pyrrole nitrogens is 1. The van der Waals surface area contributed by atoms with E-state index in [0.29, 0.717) is 5.56 Å². The van der Waals surface area contributed by atoms with Crippen LogP contribution in [0.3, 0.4) is 0 Å². The zero-order valence-corrected chi connectivity index (χ0v) is 14.5. The molecular weight excluding hydrogens is 377 g/mol. The van der Waals surface area contributed by atoms with E-state index in [1.807, 2.05) is 6.07 Å². The second-order valence-electron chi connectivity index (χ2n) is 5.34. The quantitative estimate of drug-likeness (QED) is 0.572. The van der Waals surface area contributed by atoms with Crippen LogP contribution < -0.4 is 11.2 Å². The molecule has 0 bridgehead atoms. The molecule has 0 aliphatic carbocycles. The first-order chi connectivity index (χ1) is 12.6. The molecule has 1 aromatic carbocycles. The Morgan fingerprint density at radius 3 is 2.65 bits per heavy atom. The van der Waals surface area contributed by atoms with E-state index in [1.54, 1.807) is 36.7 Å². The third-order valence-electron chi connectivity index (χ3n) is 3.77. The summed E-state index contributed by atoms with van der Waals surface area (Å²) < 4.78 is 0.924. The summed E-state index contributed by atoms with van der Waals surface area (Å²) >= 11 is 12.3. The molecule has 4 rings (SSSR count). The zero-order chi connectivity index (χ0) is 18.3. The van der Waals surface area contributed by atoms with Crippen molar-refractivity contribution < 1.29 is 0 Å². The van der Waals surface area contributed by atoms with Crippen LogP contribution in [-0.4, -0.2) is 24.5 Å². The molecule has 26 heavy (non-hydrogen) atoms. The van der Waals surface area contributed by atoms with Crippen molar-refractivity contribution >= 4 is 34.4 Å². The minimum Gasteiger partial charge on any atom is -0.289 e. The predicted octanol–water partition coefficient (Wildman–Crippen LogP) is 2.84. The smallest absolute Gasteiger partial charge is 0.289 e. The Morgan fingerprint density at radius 2 is 1.88 bits per heavy atom. The van der Waals surface area contributed by atoms with E-state index in [-0.39, 0.29) is 27.0 Å². The van der Waals surface area contributed by atoms with Gasteiger partial charge in [0, 0.05) is 23.5 Å². The first kappa shape index (κ1) is 16.4. The fraction of sp³-hybridized carbons (Fsp3) is 0. The number of nitrogens with one attached hydrogen (secondary N) is 1. The number of hydrogen-bond donors (Lipinski definition) is 1. The maximum Gasteiger partial charge on any atom is 0.334 e. The Bertz CT molecular complexity index is 1250. The van der Waals surface area contributed by atoms with Gasteiger partial charge in [0.2, 0.25) is 0 Å². The zero-order valence-electron chi connectivity index (χ0n) is 13.0. The third-order valence-corrected chi connectivity index (χ3v) is 4.35. The monoisotopic (exact) mass is 385 g/mol. The van der Waals surface area contributed by atoms with Crippen molar-refractivity contribution in [1.82, 2.24) is 24.5 Å². The van der Waals surface area contributed by atoms with E-state index in [1.165, 1.54) is 6.20 Å².